The van der Waals surface area contributed by atoms with Crippen molar-refractivity contribution in [2.45, 2.75) is 39.2 Å². The molecule has 0 bridgehead atoms. The average molecular weight is 283 g/mol. The van der Waals surface area contributed by atoms with Crippen LogP contribution in [-0.4, -0.2) is 24.5 Å². The van der Waals surface area contributed by atoms with Crippen molar-refractivity contribution in [1.29, 1.82) is 0 Å². The van der Waals surface area contributed by atoms with E-state index in [9.17, 15) is 4.79 Å². The summed E-state index contributed by atoms with van der Waals surface area (Å²) in [6.45, 7) is 7.25. The van der Waals surface area contributed by atoms with Crippen molar-refractivity contribution in [1.82, 2.24) is 10.6 Å². The molecule has 0 saturated heterocycles. The quantitative estimate of drug-likeness (QED) is 0.755. The fraction of sp³-hybridized carbons (Fsp3) is 0.533. The van der Waals surface area contributed by atoms with Crippen LogP contribution in [0.3, 0.4) is 0 Å². The van der Waals surface area contributed by atoms with Gasteiger partial charge in [0.25, 0.3) is 0 Å². The first kappa shape index (κ1) is 16.0. The van der Waals surface area contributed by atoms with Gasteiger partial charge in [0.1, 0.15) is 0 Å². The number of hydrogen-bond acceptors (Lipinski definition) is 2. The van der Waals surface area contributed by atoms with Crippen molar-refractivity contribution in [2.24, 2.45) is 0 Å². The van der Waals surface area contributed by atoms with Crippen molar-refractivity contribution >= 4 is 17.5 Å². The minimum Gasteiger partial charge on any atom is -0.350 e. The zero-order valence-electron chi connectivity index (χ0n) is 11.9. The Morgan fingerprint density at radius 1 is 1.26 bits per heavy atom. The molecule has 106 valence electrons. The molecule has 1 rings (SSSR count). The summed E-state index contributed by atoms with van der Waals surface area (Å²) < 4.78 is 0. The normalized spacial score (nSPS) is 11.4. The maximum atomic E-state index is 11.7. The molecule has 4 heteroatoms. The van der Waals surface area contributed by atoms with Gasteiger partial charge in [-0.2, -0.15) is 0 Å². The Labute approximate surface area is 120 Å². The second-order valence-electron chi connectivity index (χ2n) is 5.34. The molecule has 0 spiro atoms. The largest absolute Gasteiger partial charge is 0.350 e. The second-order valence-corrected chi connectivity index (χ2v) is 5.78. The number of rotatable bonds is 7. The first-order chi connectivity index (χ1) is 8.93. The van der Waals surface area contributed by atoms with E-state index in [2.05, 4.69) is 17.6 Å². The highest BCUT2D eigenvalue weighted by molar-refractivity contribution is 6.30. The predicted molar refractivity (Wildman–Crippen MR) is 80.5 cm³/mol. The number of carbonyl (C=O) groups is 1. The summed E-state index contributed by atoms with van der Waals surface area (Å²) >= 11 is 5.82. The number of carbonyl (C=O) groups excluding carboxylic acids is 1. The first-order valence-electron chi connectivity index (χ1n) is 6.69. The predicted octanol–water partition coefficient (Wildman–Crippen LogP) is 2.78. The molecule has 3 nitrogen and oxygen atoms in total. The standard InChI is InChI=1S/C15H23ClN2O/c1-4-15(2,3)18-14(19)11-17-10-9-12-5-7-13(16)8-6-12/h5-8,17H,4,9-11H2,1-3H3,(H,18,19). The molecule has 1 amide bonds. The molecule has 0 heterocycles. The number of hydrogen-bond donors (Lipinski definition) is 2. The van der Waals surface area contributed by atoms with E-state index in [4.69, 9.17) is 11.6 Å². The van der Waals surface area contributed by atoms with Crippen LogP contribution in [0.15, 0.2) is 24.3 Å². The van der Waals surface area contributed by atoms with E-state index in [1.807, 2.05) is 38.1 Å². The molecule has 19 heavy (non-hydrogen) atoms. The summed E-state index contributed by atoms with van der Waals surface area (Å²) in [4.78, 5) is 11.7. The minimum absolute atomic E-state index is 0.0444. The van der Waals surface area contributed by atoms with Crippen LogP contribution >= 0.6 is 11.6 Å². The van der Waals surface area contributed by atoms with Crippen molar-refractivity contribution in [3.63, 3.8) is 0 Å². The maximum absolute atomic E-state index is 11.7. The molecular weight excluding hydrogens is 260 g/mol. The van der Waals surface area contributed by atoms with Gasteiger partial charge in [-0.15, -0.1) is 0 Å². The molecule has 1 aromatic rings. The lowest BCUT2D eigenvalue weighted by atomic mass is 10.0. The Bertz CT molecular complexity index is 401. The second kappa shape index (κ2) is 7.51. The summed E-state index contributed by atoms with van der Waals surface area (Å²) in [5.74, 6) is 0.0444. The van der Waals surface area contributed by atoms with Crippen LogP contribution in [0.25, 0.3) is 0 Å². The molecule has 0 aliphatic heterocycles. The number of benzene rings is 1. The number of halogens is 1. The average Bonchev–Trinajstić information content (AvgIpc) is 2.36. The van der Waals surface area contributed by atoms with Crippen molar-refractivity contribution < 1.29 is 4.79 Å². The van der Waals surface area contributed by atoms with Crippen LogP contribution < -0.4 is 10.6 Å². The van der Waals surface area contributed by atoms with Crippen LogP contribution in [0.1, 0.15) is 32.8 Å². The Hall–Kier alpha value is -1.06. The van der Waals surface area contributed by atoms with Gasteiger partial charge in [0.05, 0.1) is 6.54 Å². The molecule has 0 fully saturated rings. The van der Waals surface area contributed by atoms with Crippen LogP contribution in [0.4, 0.5) is 0 Å². The fourth-order valence-corrected chi connectivity index (χ4v) is 1.72. The minimum atomic E-state index is -0.130. The lowest BCUT2D eigenvalue weighted by molar-refractivity contribution is -0.121. The third kappa shape index (κ3) is 6.60. The van der Waals surface area contributed by atoms with E-state index < -0.39 is 0 Å². The zero-order valence-corrected chi connectivity index (χ0v) is 12.7. The first-order valence-corrected chi connectivity index (χ1v) is 7.07. The van der Waals surface area contributed by atoms with Crippen molar-refractivity contribution in [2.75, 3.05) is 13.1 Å². The van der Waals surface area contributed by atoms with Gasteiger partial charge in [-0.3, -0.25) is 4.79 Å². The maximum Gasteiger partial charge on any atom is 0.234 e. The van der Waals surface area contributed by atoms with Gasteiger partial charge in [-0.25, -0.2) is 0 Å². The molecule has 0 atom stereocenters. The summed E-state index contributed by atoms with van der Waals surface area (Å²) in [5.41, 5.74) is 1.08. The van der Waals surface area contributed by atoms with Crippen LogP contribution in [0.5, 0.6) is 0 Å². The van der Waals surface area contributed by atoms with Gasteiger partial charge in [0.2, 0.25) is 5.91 Å². The molecular formula is C15H23ClN2O. The molecule has 0 aliphatic rings. The Kier molecular flexibility index (Phi) is 6.32. The lowest BCUT2D eigenvalue weighted by Crippen LogP contribution is -2.46. The number of amides is 1. The van der Waals surface area contributed by atoms with Crippen LogP contribution in [0, 0.1) is 0 Å². The summed E-state index contributed by atoms with van der Waals surface area (Å²) in [7, 11) is 0. The molecule has 0 unspecified atom stereocenters. The summed E-state index contributed by atoms with van der Waals surface area (Å²) in [6, 6.07) is 7.77. The highest BCUT2D eigenvalue weighted by Crippen LogP contribution is 2.09. The van der Waals surface area contributed by atoms with Crippen LogP contribution in [0.2, 0.25) is 5.02 Å². The highest BCUT2D eigenvalue weighted by Gasteiger charge is 2.16. The van der Waals surface area contributed by atoms with Gasteiger partial charge in [-0.05, 0) is 50.9 Å². The van der Waals surface area contributed by atoms with E-state index in [-0.39, 0.29) is 11.4 Å². The van der Waals surface area contributed by atoms with Gasteiger partial charge < -0.3 is 10.6 Å². The molecule has 2 N–H and O–H groups in total. The summed E-state index contributed by atoms with van der Waals surface area (Å²) in [5, 5.41) is 6.89. The monoisotopic (exact) mass is 282 g/mol. The van der Waals surface area contributed by atoms with Crippen molar-refractivity contribution in [3.05, 3.63) is 34.9 Å². The van der Waals surface area contributed by atoms with E-state index in [1.54, 1.807) is 0 Å². The Morgan fingerprint density at radius 2 is 1.89 bits per heavy atom. The number of nitrogens with one attached hydrogen (secondary N) is 2. The third-order valence-corrected chi connectivity index (χ3v) is 3.40. The fourth-order valence-electron chi connectivity index (χ4n) is 1.60. The van der Waals surface area contributed by atoms with E-state index in [0.717, 1.165) is 24.4 Å². The topological polar surface area (TPSA) is 41.1 Å². The highest BCUT2D eigenvalue weighted by atomic mass is 35.5. The van der Waals surface area contributed by atoms with Crippen molar-refractivity contribution in [3.8, 4) is 0 Å². The Balaban J connectivity index is 2.20. The Morgan fingerprint density at radius 3 is 2.47 bits per heavy atom. The lowest BCUT2D eigenvalue weighted by Gasteiger charge is -2.24. The van der Waals surface area contributed by atoms with Gasteiger partial charge >= 0.3 is 0 Å². The van der Waals surface area contributed by atoms with Gasteiger partial charge in [-0.1, -0.05) is 30.7 Å². The molecule has 0 aliphatic carbocycles. The molecule has 1 aromatic carbocycles. The molecule has 0 saturated carbocycles. The smallest absolute Gasteiger partial charge is 0.234 e. The van der Waals surface area contributed by atoms with Crippen LogP contribution in [-0.2, 0) is 11.2 Å². The summed E-state index contributed by atoms with van der Waals surface area (Å²) in [6.07, 6.45) is 1.81. The van der Waals surface area contributed by atoms with E-state index >= 15 is 0 Å². The third-order valence-electron chi connectivity index (χ3n) is 3.15. The zero-order chi connectivity index (χ0) is 14.3. The SMILES string of the molecule is CCC(C)(C)NC(=O)CNCCc1ccc(Cl)cc1. The molecule has 0 radical (unpaired) electrons. The van der Waals surface area contributed by atoms with E-state index in [1.165, 1.54) is 5.56 Å². The van der Waals surface area contributed by atoms with E-state index in [0.29, 0.717) is 6.54 Å². The van der Waals surface area contributed by atoms with Gasteiger partial charge in [0.15, 0.2) is 0 Å². The van der Waals surface area contributed by atoms with Gasteiger partial charge in [0, 0.05) is 10.6 Å². The molecule has 0 aromatic heterocycles.